The van der Waals surface area contributed by atoms with Crippen molar-refractivity contribution in [2.24, 2.45) is 0 Å². The van der Waals surface area contributed by atoms with Gasteiger partial charge in [-0.1, -0.05) is 36.4 Å². The van der Waals surface area contributed by atoms with Crippen LogP contribution >= 0.6 is 0 Å². The Morgan fingerprint density at radius 1 is 1.00 bits per heavy atom. The van der Waals surface area contributed by atoms with Gasteiger partial charge in [0.15, 0.2) is 0 Å². The maximum absolute atomic E-state index is 10.8. The molecule has 0 fully saturated rings. The molecule has 2 aromatic rings. The summed E-state index contributed by atoms with van der Waals surface area (Å²) in [5.74, 6) is -0.878. The van der Waals surface area contributed by atoms with E-state index in [-0.39, 0.29) is 25.8 Å². The predicted octanol–water partition coefficient (Wildman–Crippen LogP) is 1.35. The van der Waals surface area contributed by atoms with Gasteiger partial charge in [-0.25, -0.2) is 4.79 Å². The van der Waals surface area contributed by atoms with Gasteiger partial charge >= 0.3 is 31.8 Å². The summed E-state index contributed by atoms with van der Waals surface area (Å²) in [5.41, 5.74) is 0.359. The van der Waals surface area contributed by atoms with Crippen molar-refractivity contribution in [2.75, 3.05) is 0 Å². The molecule has 0 spiro atoms. The van der Waals surface area contributed by atoms with Crippen LogP contribution in [-0.2, 0) is 0 Å². The van der Waals surface area contributed by atoms with Crippen molar-refractivity contribution in [2.45, 2.75) is 0 Å². The fourth-order valence-corrected chi connectivity index (χ4v) is 1.41. The summed E-state index contributed by atoms with van der Waals surface area (Å²) in [5, 5.41) is 10.6. The topological polar surface area (TPSA) is 37.3 Å². The Morgan fingerprint density at radius 2 is 1.64 bits per heavy atom. The van der Waals surface area contributed by atoms with Crippen LogP contribution in [0.2, 0.25) is 0 Å². The Kier molecular flexibility index (Phi) is 3.58. The van der Waals surface area contributed by atoms with Crippen LogP contribution < -0.4 is 0 Å². The van der Waals surface area contributed by atoms with Crippen molar-refractivity contribution < 1.29 is 9.90 Å². The second kappa shape index (κ2) is 4.51. The third-order valence-electron chi connectivity index (χ3n) is 2.02. The van der Waals surface area contributed by atoms with E-state index in [1.165, 1.54) is 0 Å². The van der Waals surface area contributed by atoms with Crippen LogP contribution in [0.4, 0.5) is 0 Å². The van der Waals surface area contributed by atoms with Crippen LogP contribution in [0.5, 0.6) is 0 Å². The first kappa shape index (κ1) is 11.1. The molecular formula is C11H11InO2. The molecule has 2 nitrogen and oxygen atoms in total. The molecule has 0 radical (unpaired) electrons. The summed E-state index contributed by atoms with van der Waals surface area (Å²) in [4.78, 5) is 10.8. The average Bonchev–Trinajstić information content (AvgIpc) is 2.17. The predicted molar refractivity (Wildman–Crippen MR) is 60.8 cm³/mol. The SMILES string of the molecule is O=C(O)c1cccc2ccccc12.[InH3]. The number of carboxylic acids is 1. The van der Waals surface area contributed by atoms with Gasteiger partial charge in [-0.2, -0.15) is 0 Å². The first-order valence-electron chi connectivity index (χ1n) is 4.00. The molecule has 1 N–H and O–H groups in total. The molecule has 2 rings (SSSR count). The van der Waals surface area contributed by atoms with E-state index in [4.69, 9.17) is 5.11 Å². The van der Waals surface area contributed by atoms with E-state index in [0.29, 0.717) is 5.56 Å². The minimum atomic E-state index is -0.878. The molecule has 70 valence electrons. The fraction of sp³-hybridized carbons (Fsp3) is 0. The zero-order valence-corrected chi connectivity index (χ0v) is 6.90. The van der Waals surface area contributed by atoms with Crippen LogP contribution in [0.15, 0.2) is 42.5 Å². The van der Waals surface area contributed by atoms with Gasteiger partial charge < -0.3 is 5.11 Å². The molecule has 0 aliphatic carbocycles. The Balaban J connectivity index is 0.000000980. The molecule has 0 bridgehead atoms. The van der Waals surface area contributed by atoms with Gasteiger partial charge in [0.25, 0.3) is 0 Å². The summed E-state index contributed by atoms with van der Waals surface area (Å²) in [7, 11) is 0. The van der Waals surface area contributed by atoms with Crippen LogP contribution in [0.3, 0.4) is 0 Å². The summed E-state index contributed by atoms with van der Waals surface area (Å²) < 4.78 is 0. The van der Waals surface area contributed by atoms with E-state index in [2.05, 4.69) is 0 Å². The van der Waals surface area contributed by atoms with E-state index in [1.54, 1.807) is 12.1 Å². The van der Waals surface area contributed by atoms with Gasteiger partial charge in [0.05, 0.1) is 5.56 Å². The molecule has 3 heteroatoms. The van der Waals surface area contributed by atoms with Crippen molar-refractivity contribution in [3.63, 3.8) is 0 Å². The van der Waals surface area contributed by atoms with Gasteiger partial charge in [0.1, 0.15) is 0 Å². The zero-order valence-electron chi connectivity index (χ0n) is 6.90. The normalized spacial score (nSPS) is 9.43. The summed E-state index contributed by atoms with van der Waals surface area (Å²) in [6.45, 7) is 0. The van der Waals surface area contributed by atoms with Gasteiger partial charge in [0.2, 0.25) is 0 Å². The first-order valence-corrected chi connectivity index (χ1v) is 4.00. The molecule has 0 heterocycles. The Labute approximate surface area is 100 Å². The molecule has 2 aromatic carbocycles. The molecule has 0 saturated carbocycles. The van der Waals surface area contributed by atoms with Crippen LogP contribution in [-0.4, -0.2) is 36.9 Å². The van der Waals surface area contributed by atoms with Crippen LogP contribution in [0.1, 0.15) is 10.4 Å². The summed E-state index contributed by atoms with van der Waals surface area (Å²) in [6, 6.07) is 12.7. The molecule has 0 unspecified atom stereocenters. The molecule has 0 aliphatic heterocycles. The Bertz CT molecular complexity index is 460. The fourth-order valence-electron chi connectivity index (χ4n) is 1.41. The Hall–Kier alpha value is -0.960. The quantitative estimate of drug-likeness (QED) is 0.861. The number of rotatable bonds is 1. The molecule has 0 saturated heterocycles. The van der Waals surface area contributed by atoms with Gasteiger partial charge in [-0.05, 0) is 16.8 Å². The van der Waals surface area contributed by atoms with E-state index in [0.717, 1.165) is 10.8 Å². The third kappa shape index (κ3) is 1.93. The van der Waals surface area contributed by atoms with E-state index < -0.39 is 5.97 Å². The number of benzene rings is 2. The minimum absolute atomic E-state index is 0. The van der Waals surface area contributed by atoms with Crippen molar-refractivity contribution in [1.29, 1.82) is 0 Å². The number of hydrogen-bond acceptors (Lipinski definition) is 1. The third-order valence-corrected chi connectivity index (χ3v) is 2.02. The number of hydrogen-bond donors (Lipinski definition) is 1. The van der Waals surface area contributed by atoms with E-state index >= 15 is 0 Å². The molecule has 0 aromatic heterocycles. The van der Waals surface area contributed by atoms with E-state index in [9.17, 15) is 4.79 Å². The van der Waals surface area contributed by atoms with Crippen molar-refractivity contribution >= 4 is 42.6 Å². The molecule has 0 atom stereocenters. The second-order valence-corrected chi connectivity index (χ2v) is 2.83. The standard InChI is InChI=1S/C11H8O2.In.3H/c12-11(13)10-7-3-5-8-4-1-2-6-9(8)10;;;;/h1-7H,(H,12,13);;;;. The van der Waals surface area contributed by atoms with Crippen LogP contribution in [0.25, 0.3) is 10.8 Å². The van der Waals surface area contributed by atoms with Crippen molar-refractivity contribution in [1.82, 2.24) is 0 Å². The first-order chi connectivity index (χ1) is 6.29. The maximum atomic E-state index is 10.8. The van der Waals surface area contributed by atoms with Crippen molar-refractivity contribution in [3.05, 3.63) is 48.0 Å². The number of carboxylic acid groups (broad SMARTS) is 1. The summed E-state index contributed by atoms with van der Waals surface area (Å²) >= 11 is 0. The number of carbonyl (C=O) groups is 1. The van der Waals surface area contributed by atoms with Gasteiger partial charge in [-0.15, -0.1) is 0 Å². The summed E-state index contributed by atoms with van der Waals surface area (Å²) in [6.07, 6.45) is 0. The number of fused-ring (bicyclic) bond motifs is 1. The number of aromatic carboxylic acids is 1. The molecule has 0 amide bonds. The Morgan fingerprint density at radius 3 is 2.36 bits per heavy atom. The average molecular weight is 290 g/mol. The van der Waals surface area contributed by atoms with E-state index in [1.807, 2.05) is 30.3 Å². The van der Waals surface area contributed by atoms with Gasteiger partial charge in [0, 0.05) is 0 Å². The molecule has 0 aliphatic rings. The van der Waals surface area contributed by atoms with Crippen LogP contribution in [0, 0.1) is 0 Å². The second-order valence-electron chi connectivity index (χ2n) is 2.83. The molecular weight excluding hydrogens is 279 g/mol. The van der Waals surface area contributed by atoms with Crippen molar-refractivity contribution in [3.8, 4) is 0 Å². The monoisotopic (exact) mass is 290 g/mol. The molecule has 14 heavy (non-hydrogen) atoms. The van der Waals surface area contributed by atoms with Gasteiger partial charge in [-0.3, -0.25) is 0 Å². The zero-order chi connectivity index (χ0) is 9.26.